The Labute approximate surface area is 69.2 Å². The van der Waals surface area contributed by atoms with Gasteiger partial charge in [-0.05, 0) is 0 Å². The van der Waals surface area contributed by atoms with E-state index in [1.54, 1.807) is 6.07 Å². The van der Waals surface area contributed by atoms with Crippen LogP contribution < -0.4 is 0 Å². The number of nitrogens with zero attached hydrogens (tertiary/aromatic N) is 2. The Morgan fingerprint density at radius 3 is 2.92 bits per heavy atom. The molecule has 0 radical (unpaired) electrons. The van der Waals surface area contributed by atoms with Gasteiger partial charge < -0.3 is 10.0 Å². The summed E-state index contributed by atoms with van der Waals surface area (Å²) in [5.41, 5.74) is 0. The molecule has 12 heavy (non-hydrogen) atoms. The summed E-state index contributed by atoms with van der Waals surface area (Å²) in [4.78, 5) is 22.5. The lowest BCUT2D eigenvalue weighted by molar-refractivity contribution is -0.123. The van der Waals surface area contributed by atoms with Crippen LogP contribution in [0, 0.1) is 17.2 Å². The van der Waals surface area contributed by atoms with E-state index in [9.17, 15) is 9.59 Å². The van der Waals surface area contributed by atoms with E-state index in [0.717, 1.165) is 4.90 Å². The van der Waals surface area contributed by atoms with Gasteiger partial charge in [-0.25, -0.2) is 4.79 Å². The summed E-state index contributed by atoms with van der Waals surface area (Å²) in [5.74, 6) is -0.926. The van der Waals surface area contributed by atoms with Gasteiger partial charge in [-0.3, -0.25) is 4.79 Å². The second-order valence-electron chi connectivity index (χ2n) is 2.63. The number of rotatable bonds is 0. The van der Waals surface area contributed by atoms with Crippen LogP contribution in [0.25, 0.3) is 0 Å². The van der Waals surface area contributed by atoms with E-state index < -0.39 is 12.0 Å². The fraction of sp³-hybridized carbons (Fsp3) is 0.571. The third-order valence-electron chi connectivity index (χ3n) is 1.85. The Bertz CT molecular complexity index is 256. The number of carbonyl (C=O) groups is 2. The smallest absolute Gasteiger partial charge is 0.407 e. The van der Waals surface area contributed by atoms with Crippen molar-refractivity contribution in [2.45, 2.75) is 6.42 Å². The lowest BCUT2D eigenvalue weighted by Crippen LogP contribution is -2.42. The van der Waals surface area contributed by atoms with Crippen molar-refractivity contribution in [3.8, 4) is 6.07 Å². The van der Waals surface area contributed by atoms with Gasteiger partial charge in [-0.2, -0.15) is 5.26 Å². The Morgan fingerprint density at radius 2 is 2.42 bits per heavy atom. The van der Waals surface area contributed by atoms with Crippen LogP contribution in [0.5, 0.6) is 0 Å². The third kappa shape index (κ3) is 1.53. The average Bonchev–Trinajstić information content (AvgIpc) is 2.05. The average molecular weight is 168 g/mol. The van der Waals surface area contributed by atoms with Gasteiger partial charge in [0.25, 0.3) is 0 Å². The van der Waals surface area contributed by atoms with Crippen molar-refractivity contribution in [3.05, 3.63) is 0 Å². The Hall–Kier alpha value is -1.57. The number of ketones is 1. The zero-order chi connectivity index (χ0) is 9.14. The van der Waals surface area contributed by atoms with Gasteiger partial charge in [0.2, 0.25) is 0 Å². The van der Waals surface area contributed by atoms with Crippen molar-refractivity contribution in [2.75, 3.05) is 13.1 Å². The molecule has 1 aliphatic rings. The van der Waals surface area contributed by atoms with E-state index in [1.807, 2.05) is 0 Å². The van der Waals surface area contributed by atoms with Crippen LogP contribution in [0.1, 0.15) is 6.42 Å². The van der Waals surface area contributed by atoms with E-state index in [2.05, 4.69) is 0 Å². The van der Waals surface area contributed by atoms with Gasteiger partial charge >= 0.3 is 6.09 Å². The van der Waals surface area contributed by atoms with E-state index in [0.29, 0.717) is 0 Å². The van der Waals surface area contributed by atoms with Crippen molar-refractivity contribution in [2.24, 2.45) is 5.92 Å². The zero-order valence-electron chi connectivity index (χ0n) is 6.36. The number of nitriles is 1. The largest absolute Gasteiger partial charge is 0.465 e. The second kappa shape index (κ2) is 3.22. The molecule has 1 fully saturated rings. The summed E-state index contributed by atoms with van der Waals surface area (Å²) in [7, 11) is 0. The van der Waals surface area contributed by atoms with E-state index in [4.69, 9.17) is 10.4 Å². The van der Waals surface area contributed by atoms with Crippen LogP contribution in [-0.2, 0) is 4.79 Å². The fourth-order valence-corrected chi connectivity index (χ4v) is 1.12. The molecule has 0 aromatic carbocycles. The molecule has 1 amide bonds. The first-order chi connectivity index (χ1) is 5.65. The highest BCUT2D eigenvalue weighted by molar-refractivity contribution is 5.85. The Kier molecular flexibility index (Phi) is 2.29. The molecule has 0 saturated carbocycles. The van der Waals surface area contributed by atoms with Crippen LogP contribution in [-0.4, -0.2) is 35.0 Å². The van der Waals surface area contributed by atoms with Gasteiger partial charge in [0, 0.05) is 19.5 Å². The number of likely N-dealkylation sites (tertiary alicyclic amines) is 1. The molecular weight excluding hydrogens is 160 g/mol. The summed E-state index contributed by atoms with van der Waals surface area (Å²) in [6.07, 6.45) is -0.910. The normalized spacial score (nSPS) is 23.4. The zero-order valence-corrected chi connectivity index (χ0v) is 6.36. The molecule has 1 rings (SSSR count). The first kappa shape index (κ1) is 8.53. The summed E-state index contributed by atoms with van der Waals surface area (Å²) in [6, 6.07) is 1.78. The van der Waals surface area contributed by atoms with Gasteiger partial charge in [0.15, 0.2) is 5.78 Å². The maximum atomic E-state index is 11.0. The van der Waals surface area contributed by atoms with Crippen LogP contribution in [0.3, 0.4) is 0 Å². The number of piperidine rings is 1. The first-order valence-corrected chi connectivity index (χ1v) is 3.55. The summed E-state index contributed by atoms with van der Waals surface area (Å²) in [6.45, 7) is 0.233. The van der Waals surface area contributed by atoms with Crippen molar-refractivity contribution in [1.29, 1.82) is 5.26 Å². The predicted octanol–water partition coefficient (Wildman–Crippen LogP) is 0.0790. The monoisotopic (exact) mass is 168 g/mol. The molecule has 5 heteroatoms. The summed E-state index contributed by atoms with van der Waals surface area (Å²) >= 11 is 0. The second-order valence-corrected chi connectivity index (χ2v) is 2.63. The van der Waals surface area contributed by atoms with Crippen molar-refractivity contribution in [3.63, 3.8) is 0 Å². The van der Waals surface area contributed by atoms with Crippen LogP contribution >= 0.6 is 0 Å². The lowest BCUT2D eigenvalue weighted by atomic mass is 9.98. The van der Waals surface area contributed by atoms with Crippen LogP contribution in [0.2, 0.25) is 0 Å². The summed E-state index contributed by atoms with van der Waals surface area (Å²) < 4.78 is 0. The molecule has 64 valence electrons. The van der Waals surface area contributed by atoms with Crippen molar-refractivity contribution < 1.29 is 14.7 Å². The van der Waals surface area contributed by atoms with E-state index in [1.165, 1.54) is 0 Å². The molecule has 5 nitrogen and oxygen atoms in total. The highest BCUT2D eigenvalue weighted by atomic mass is 16.4. The lowest BCUT2D eigenvalue weighted by Gasteiger charge is -2.25. The maximum absolute atomic E-state index is 11.0. The molecule has 0 aliphatic carbocycles. The fourth-order valence-electron chi connectivity index (χ4n) is 1.12. The highest BCUT2D eigenvalue weighted by Crippen LogP contribution is 2.11. The number of carboxylic acid groups (broad SMARTS) is 1. The topological polar surface area (TPSA) is 81.4 Å². The molecule has 0 bridgehead atoms. The molecule has 1 atom stereocenters. The van der Waals surface area contributed by atoms with Crippen LogP contribution in [0.4, 0.5) is 4.79 Å². The minimum atomic E-state index is -1.07. The predicted molar refractivity (Wildman–Crippen MR) is 38.3 cm³/mol. The first-order valence-electron chi connectivity index (χ1n) is 3.55. The molecule has 0 spiro atoms. The van der Waals surface area contributed by atoms with Gasteiger partial charge in [0.05, 0.1) is 6.07 Å². The highest BCUT2D eigenvalue weighted by Gasteiger charge is 2.29. The van der Waals surface area contributed by atoms with Gasteiger partial charge in [0.1, 0.15) is 5.92 Å². The van der Waals surface area contributed by atoms with Crippen LogP contribution in [0.15, 0.2) is 0 Å². The standard InChI is InChI=1S/C7H8N2O3/c8-3-5-4-9(7(11)12)2-1-6(5)10/h5H,1-2,4H2,(H,11,12). The quantitative estimate of drug-likeness (QED) is 0.555. The maximum Gasteiger partial charge on any atom is 0.407 e. The molecule has 1 unspecified atom stereocenters. The molecule has 0 aromatic rings. The van der Waals surface area contributed by atoms with E-state index in [-0.39, 0.29) is 25.3 Å². The van der Waals surface area contributed by atoms with Gasteiger partial charge in [-0.1, -0.05) is 0 Å². The number of hydrogen-bond acceptors (Lipinski definition) is 3. The van der Waals surface area contributed by atoms with Gasteiger partial charge in [-0.15, -0.1) is 0 Å². The van der Waals surface area contributed by atoms with E-state index >= 15 is 0 Å². The van der Waals surface area contributed by atoms with Crippen molar-refractivity contribution >= 4 is 11.9 Å². The molecular formula is C7H8N2O3. The number of hydrogen-bond donors (Lipinski definition) is 1. The SMILES string of the molecule is N#CC1CN(C(=O)O)CCC1=O. The molecule has 1 aliphatic heterocycles. The Morgan fingerprint density at radius 1 is 1.75 bits per heavy atom. The molecule has 0 aromatic heterocycles. The molecule has 1 N–H and O–H groups in total. The van der Waals surface area contributed by atoms with Crippen molar-refractivity contribution in [1.82, 2.24) is 4.90 Å². The minimum absolute atomic E-state index is 0.0185. The summed E-state index contributed by atoms with van der Waals surface area (Å²) in [5, 5.41) is 17.0. The number of amides is 1. The number of carbonyl (C=O) groups excluding carboxylic acids is 1. The minimum Gasteiger partial charge on any atom is -0.465 e. The Balaban J connectivity index is 2.63. The molecule has 1 heterocycles. The number of Topliss-reactive ketones (excluding diaryl/α,β-unsaturated/α-hetero) is 1. The molecule has 1 saturated heterocycles. The third-order valence-corrected chi connectivity index (χ3v) is 1.85.